The zero-order chi connectivity index (χ0) is 12.3. The maximum atomic E-state index is 10.5. The van der Waals surface area contributed by atoms with Crippen LogP contribution < -0.4 is 0 Å². The predicted octanol–water partition coefficient (Wildman–Crippen LogP) is 2.13. The molecule has 1 N–H and O–H groups in total. The molecule has 1 rings (SSSR count). The van der Waals surface area contributed by atoms with Gasteiger partial charge in [0, 0.05) is 5.92 Å². The van der Waals surface area contributed by atoms with Gasteiger partial charge in [-0.1, -0.05) is 27.7 Å². The van der Waals surface area contributed by atoms with Gasteiger partial charge in [0.25, 0.3) is 0 Å². The summed E-state index contributed by atoms with van der Waals surface area (Å²) in [5.41, 5.74) is 0. The van der Waals surface area contributed by atoms with Crippen LogP contribution in [0, 0.1) is 17.8 Å². The maximum absolute atomic E-state index is 10.5. The molecular formula is C12H22O4. The molecule has 94 valence electrons. The van der Waals surface area contributed by atoms with E-state index >= 15 is 0 Å². The molecule has 5 atom stereocenters. The number of hydrogen-bond donors (Lipinski definition) is 1. The first-order chi connectivity index (χ1) is 7.47. The van der Waals surface area contributed by atoms with Crippen LogP contribution >= 0.6 is 0 Å². The second-order valence-corrected chi connectivity index (χ2v) is 4.73. The van der Waals surface area contributed by atoms with Crippen molar-refractivity contribution in [1.82, 2.24) is 0 Å². The first kappa shape index (κ1) is 13.5. The Morgan fingerprint density at radius 3 is 2.38 bits per heavy atom. The molecule has 0 spiro atoms. The third-order valence-electron chi connectivity index (χ3n) is 3.76. The number of rotatable bonds is 4. The van der Waals surface area contributed by atoms with Gasteiger partial charge < -0.3 is 14.6 Å². The lowest BCUT2D eigenvalue weighted by atomic mass is 9.78. The van der Waals surface area contributed by atoms with Gasteiger partial charge in [-0.05, 0) is 18.3 Å². The fraction of sp³-hybridized carbons (Fsp3) is 0.917. The topological polar surface area (TPSA) is 55.8 Å². The van der Waals surface area contributed by atoms with Gasteiger partial charge in [0.1, 0.15) is 6.61 Å². The zero-order valence-corrected chi connectivity index (χ0v) is 10.5. The number of aliphatic carboxylic acids is 1. The van der Waals surface area contributed by atoms with Gasteiger partial charge in [-0.15, -0.1) is 0 Å². The van der Waals surface area contributed by atoms with E-state index in [4.69, 9.17) is 14.6 Å². The molecule has 5 unspecified atom stereocenters. The fourth-order valence-electron chi connectivity index (χ4n) is 2.30. The molecular weight excluding hydrogens is 208 g/mol. The number of carboxylic acid groups (broad SMARTS) is 1. The van der Waals surface area contributed by atoms with Crippen LogP contribution in [-0.2, 0) is 14.3 Å². The first-order valence-corrected chi connectivity index (χ1v) is 5.96. The van der Waals surface area contributed by atoms with Crippen LogP contribution in [0.5, 0.6) is 0 Å². The van der Waals surface area contributed by atoms with E-state index < -0.39 is 5.97 Å². The minimum atomic E-state index is -0.949. The Hall–Kier alpha value is -0.610. The van der Waals surface area contributed by atoms with E-state index in [9.17, 15) is 4.79 Å². The fourth-order valence-corrected chi connectivity index (χ4v) is 2.30. The standard InChI is InChI=1S/C12H22O4/c1-5-10-8(3)7(2)9(4)12(16-10)15-6-11(13)14/h7-10,12H,5-6H2,1-4H3,(H,13,14). The molecule has 0 aromatic rings. The van der Waals surface area contributed by atoms with Crippen LogP contribution in [0.3, 0.4) is 0 Å². The minimum absolute atomic E-state index is 0.171. The van der Waals surface area contributed by atoms with Crippen molar-refractivity contribution in [2.45, 2.75) is 46.5 Å². The Kier molecular flexibility index (Phi) is 4.74. The number of carboxylic acids is 1. The van der Waals surface area contributed by atoms with Crippen LogP contribution in [0.2, 0.25) is 0 Å². The highest BCUT2D eigenvalue weighted by Crippen LogP contribution is 2.36. The van der Waals surface area contributed by atoms with E-state index in [0.29, 0.717) is 11.8 Å². The van der Waals surface area contributed by atoms with Crippen LogP contribution in [0.1, 0.15) is 34.1 Å². The van der Waals surface area contributed by atoms with Crippen molar-refractivity contribution >= 4 is 5.97 Å². The average molecular weight is 230 g/mol. The number of carbonyl (C=O) groups is 1. The predicted molar refractivity (Wildman–Crippen MR) is 60.0 cm³/mol. The summed E-state index contributed by atoms with van der Waals surface area (Å²) in [6.45, 7) is 8.21. The summed E-state index contributed by atoms with van der Waals surface area (Å²) in [6.07, 6.45) is 0.725. The molecule has 0 bridgehead atoms. The maximum Gasteiger partial charge on any atom is 0.329 e. The Morgan fingerprint density at radius 1 is 1.25 bits per heavy atom. The van der Waals surface area contributed by atoms with E-state index in [-0.39, 0.29) is 24.9 Å². The van der Waals surface area contributed by atoms with E-state index in [2.05, 4.69) is 27.7 Å². The summed E-state index contributed by atoms with van der Waals surface area (Å²) in [7, 11) is 0. The van der Waals surface area contributed by atoms with Crippen molar-refractivity contribution in [1.29, 1.82) is 0 Å². The van der Waals surface area contributed by atoms with Crippen LogP contribution in [0.4, 0.5) is 0 Å². The zero-order valence-electron chi connectivity index (χ0n) is 10.5. The second-order valence-electron chi connectivity index (χ2n) is 4.73. The molecule has 4 heteroatoms. The molecule has 1 fully saturated rings. The van der Waals surface area contributed by atoms with Gasteiger partial charge in [0.15, 0.2) is 6.29 Å². The average Bonchev–Trinajstić information content (AvgIpc) is 2.25. The normalized spacial score (nSPS) is 39.6. The van der Waals surface area contributed by atoms with Crippen molar-refractivity contribution in [3.63, 3.8) is 0 Å². The Balaban J connectivity index is 2.60. The summed E-state index contributed by atoms with van der Waals surface area (Å²) in [5.74, 6) is 0.259. The van der Waals surface area contributed by atoms with Crippen molar-refractivity contribution in [3.8, 4) is 0 Å². The lowest BCUT2D eigenvalue weighted by molar-refractivity contribution is -0.248. The molecule has 0 aliphatic carbocycles. The second kappa shape index (κ2) is 5.64. The third-order valence-corrected chi connectivity index (χ3v) is 3.76. The lowest BCUT2D eigenvalue weighted by Crippen LogP contribution is -2.46. The molecule has 0 aromatic heterocycles. The Labute approximate surface area is 96.9 Å². The third kappa shape index (κ3) is 2.95. The van der Waals surface area contributed by atoms with Crippen molar-refractivity contribution < 1.29 is 19.4 Å². The highest BCUT2D eigenvalue weighted by molar-refractivity contribution is 5.68. The van der Waals surface area contributed by atoms with E-state index in [1.807, 2.05) is 0 Å². The number of ether oxygens (including phenoxy) is 2. The highest BCUT2D eigenvalue weighted by Gasteiger charge is 2.38. The van der Waals surface area contributed by atoms with Crippen LogP contribution in [0.25, 0.3) is 0 Å². The smallest absolute Gasteiger partial charge is 0.329 e. The monoisotopic (exact) mass is 230 g/mol. The van der Waals surface area contributed by atoms with Gasteiger partial charge in [0.05, 0.1) is 6.10 Å². The molecule has 0 radical (unpaired) electrons. The van der Waals surface area contributed by atoms with Crippen molar-refractivity contribution in [3.05, 3.63) is 0 Å². The van der Waals surface area contributed by atoms with E-state index in [1.165, 1.54) is 0 Å². The SMILES string of the molecule is CCC1OC(OCC(=O)O)C(C)C(C)C1C. The summed E-state index contributed by atoms with van der Waals surface area (Å²) >= 11 is 0. The van der Waals surface area contributed by atoms with E-state index in [0.717, 1.165) is 6.42 Å². The van der Waals surface area contributed by atoms with Gasteiger partial charge in [-0.2, -0.15) is 0 Å². The van der Waals surface area contributed by atoms with Gasteiger partial charge in [-0.3, -0.25) is 0 Å². The molecule has 0 amide bonds. The van der Waals surface area contributed by atoms with Crippen LogP contribution in [0.15, 0.2) is 0 Å². The van der Waals surface area contributed by atoms with Gasteiger partial charge in [-0.25, -0.2) is 4.79 Å². The summed E-state index contributed by atoms with van der Waals surface area (Å²) in [4.78, 5) is 10.5. The minimum Gasteiger partial charge on any atom is -0.480 e. The Bertz CT molecular complexity index is 239. The molecule has 16 heavy (non-hydrogen) atoms. The van der Waals surface area contributed by atoms with Crippen molar-refractivity contribution in [2.24, 2.45) is 17.8 Å². The molecule has 1 saturated heterocycles. The molecule has 1 aliphatic heterocycles. The quantitative estimate of drug-likeness (QED) is 0.803. The molecule has 1 heterocycles. The first-order valence-electron chi connectivity index (χ1n) is 5.96. The largest absolute Gasteiger partial charge is 0.480 e. The lowest BCUT2D eigenvalue weighted by Gasteiger charge is -2.43. The summed E-state index contributed by atoms with van der Waals surface area (Å²) in [5, 5.41) is 8.59. The highest BCUT2D eigenvalue weighted by atomic mass is 16.7. The molecule has 0 saturated carbocycles. The van der Waals surface area contributed by atoms with Crippen molar-refractivity contribution in [2.75, 3.05) is 6.61 Å². The van der Waals surface area contributed by atoms with E-state index in [1.54, 1.807) is 0 Å². The van der Waals surface area contributed by atoms with Gasteiger partial charge >= 0.3 is 5.97 Å². The molecule has 4 nitrogen and oxygen atoms in total. The summed E-state index contributed by atoms with van der Waals surface area (Å²) < 4.78 is 11.1. The number of hydrogen-bond acceptors (Lipinski definition) is 3. The summed E-state index contributed by atoms with van der Waals surface area (Å²) in [6, 6.07) is 0. The Morgan fingerprint density at radius 2 is 1.88 bits per heavy atom. The van der Waals surface area contributed by atoms with Crippen LogP contribution in [-0.4, -0.2) is 30.1 Å². The molecule has 0 aromatic carbocycles. The molecule has 1 aliphatic rings. The van der Waals surface area contributed by atoms with Gasteiger partial charge in [0.2, 0.25) is 0 Å².